The molecule has 0 amide bonds. The van der Waals surface area contributed by atoms with Crippen LogP contribution in [0.2, 0.25) is 0 Å². The number of rotatable bonds is 5. The highest BCUT2D eigenvalue weighted by atomic mass is 16.4. The number of nitrogens with one attached hydrogen (secondary N) is 1. The molecule has 0 bridgehead atoms. The fraction of sp³-hybridized carbons (Fsp3) is 0.133. The maximum Gasteiger partial charge on any atom is 0.119 e. The molecule has 0 unspecified atom stereocenters. The van der Waals surface area contributed by atoms with Gasteiger partial charge in [0.15, 0.2) is 0 Å². The lowest BCUT2D eigenvalue weighted by Crippen LogP contribution is -2.11. The second-order valence-corrected chi connectivity index (χ2v) is 4.01. The van der Waals surface area contributed by atoms with Gasteiger partial charge in [-0.3, -0.25) is 0 Å². The minimum Gasteiger partial charge on any atom is -0.410 e. The van der Waals surface area contributed by atoms with Gasteiger partial charge in [-0.1, -0.05) is 53.7 Å². The Labute approximate surface area is 112 Å². The number of aliphatic hydroxyl groups is 1. The van der Waals surface area contributed by atoms with E-state index < -0.39 is 0 Å². The quantitative estimate of drug-likeness (QED) is 0.437. The Kier molecular flexibility index (Phi) is 4.53. The summed E-state index contributed by atoms with van der Waals surface area (Å²) in [4.78, 5) is 0. The average molecular weight is 256 g/mol. The average Bonchev–Trinajstić information content (AvgIpc) is 2.48. The molecule has 98 valence electrons. The van der Waals surface area contributed by atoms with Crippen LogP contribution in [0.25, 0.3) is 0 Å². The molecule has 0 aliphatic heterocycles. The molecular weight excluding hydrogens is 240 g/mol. The Morgan fingerprint density at radius 1 is 1.00 bits per heavy atom. The number of oxime groups is 1. The van der Waals surface area contributed by atoms with Crippen molar-refractivity contribution in [1.82, 2.24) is 0 Å². The van der Waals surface area contributed by atoms with Crippen LogP contribution in [0.3, 0.4) is 0 Å². The lowest BCUT2D eigenvalue weighted by atomic mass is 10.0. The van der Waals surface area contributed by atoms with Crippen LogP contribution in [0, 0.1) is 0 Å². The van der Waals surface area contributed by atoms with Crippen molar-refractivity contribution in [2.24, 2.45) is 5.16 Å². The summed E-state index contributed by atoms with van der Waals surface area (Å²) in [7, 11) is 0. The SMILES string of the molecule is OCCNc1ccccc1C(=NO)c1ccccc1. The number of benzene rings is 2. The first-order valence-electron chi connectivity index (χ1n) is 6.08. The smallest absolute Gasteiger partial charge is 0.119 e. The number of nitrogens with zero attached hydrogens (tertiary/aromatic N) is 1. The van der Waals surface area contributed by atoms with E-state index in [2.05, 4.69) is 10.5 Å². The second-order valence-electron chi connectivity index (χ2n) is 4.01. The van der Waals surface area contributed by atoms with Crippen molar-refractivity contribution in [2.75, 3.05) is 18.5 Å². The van der Waals surface area contributed by atoms with E-state index in [-0.39, 0.29) is 6.61 Å². The summed E-state index contributed by atoms with van der Waals surface area (Å²) < 4.78 is 0. The Bertz CT molecular complexity index is 553. The van der Waals surface area contributed by atoms with Gasteiger partial charge in [0.1, 0.15) is 5.71 Å². The maximum atomic E-state index is 9.29. The third-order valence-corrected chi connectivity index (χ3v) is 2.76. The van der Waals surface area contributed by atoms with Crippen molar-refractivity contribution in [3.63, 3.8) is 0 Å². The number of anilines is 1. The van der Waals surface area contributed by atoms with Crippen LogP contribution in [0.4, 0.5) is 5.69 Å². The minimum absolute atomic E-state index is 0.0469. The van der Waals surface area contributed by atoms with Gasteiger partial charge >= 0.3 is 0 Å². The molecule has 3 N–H and O–H groups in total. The number of hydrogen-bond donors (Lipinski definition) is 3. The van der Waals surface area contributed by atoms with Gasteiger partial charge in [0.2, 0.25) is 0 Å². The first-order chi connectivity index (χ1) is 9.36. The van der Waals surface area contributed by atoms with Crippen molar-refractivity contribution in [3.8, 4) is 0 Å². The van der Waals surface area contributed by atoms with Crippen LogP contribution >= 0.6 is 0 Å². The topological polar surface area (TPSA) is 64.8 Å². The molecule has 0 saturated heterocycles. The first kappa shape index (κ1) is 13.1. The van der Waals surface area contributed by atoms with Crippen LogP contribution in [0.5, 0.6) is 0 Å². The lowest BCUT2D eigenvalue weighted by Gasteiger charge is -2.12. The van der Waals surface area contributed by atoms with E-state index >= 15 is 0 Å². The summed E-state index contributed by atoms with van der Waals surface area (Å²) in [5.41, 5.74) is 2.96. The third-order valence-electron chi connectivity index (χ3n) is 2.76. The highest BCUT2D eigenvalue weighted by Crippen LogP contribution is 2.19. The summed E-state index contributed by atoms with van der Waals surface area (Å²) in [6.07, 6.45) is 0. The molecule has 0 spiro atoms. The summed E-state index contributed by atoms with van der Waals surface area (Å²) in [6.45, 7) is 0.496. The molecular formula is C15H16N2O2. The molecule has 19 heavy (non-hydrogen) atoms. The summed E-state index contributed by atoms with van der Waals surface area (Å²) >= 11 is 0. The van der Waals surface area contributed by atoms with Gasteiger partial charge in [0.25, 0.3) is 0 Å². The Hall–Kier alpha value is -2.33. The lowest BCUT2D eigenvalue weighted by molar-refractivity contribution is 0.311. The number of para-hydroxylation sites is 1. The molecule has 4 nitrogen and oxygen atoms in total. The fourth-order valence-corrected chi connectivity index (χ4v) is 1.90. The van der Waals surface area contributed by atoms with E-state index in [0.717, 1.165) is 16.8 Å². The summed E-state index contributed by atoms with van der Waals surface area (Å²) in [5.74, 6) is 0. The van der Waals surface area contributed by atoms with Gasteiger partial charge in [0, 0.05) is 23.4 Å². The monoisotopic (exact) mass is 256 g/mol. The van der Waals surface area contributed by atoms with Crippen molar-refractivity contribution in [2.45, 2.75) is 0 Å². The van der Waals surface area contributed by atoms with Crippen LogP contribution in [0.15, 0.2) is 59.8 Å². The van der Waals surface area contributed by atoms with Crippen LogP contribution in [-0.2, 0) is 0 Å². The van der Waals surface area contributed by atoms with Crippen molar-refractivity contribution < 1.29 is 10.3 Å². The van der Waals surface area contributed by atoms with Crippen molar-refractivity contribution in [3.05, 3.63) is 65.7 Å². The Morgan fingerprint density at radius 3 is 2.37 bits per heavy atom. The Balaban J connectivity index is 2.39. The van der Waals surface area contributed by atoms with Crippen molar-refractivity contribution in [1.29, 1.82) is 0 Å². The van der Waals surface area contributed by atoms with E-state index in [1.54, 1.807) is 0 Å². The molecule has 4 heteroatoms. The first-order valence-corrected chi connectivity index (χ1v) is 6.08. The van der Waals surface area contributed by atoms with Gasteiger partial charge in [-0.05, 0) is 6.07 Å². The predicted molar refractivity (Wildman–Crippen MR) is 75.9 cm³/mol. The minimum atomic E-state index is 0.0469. The van der Waals surface area contributed by atoms with Gasteiger partial charge in [-0.2, -0.15) is 0 Å². The van der Waals surface area contributed by atoms with Gasteiger partial charge < -0.3 is 15.6 Å². The highest BCUT2D eigenvalue weighted by molar-refractivity contribution is 6.15. The predicted octanol–water partition coefficient (Wildman–Crippen LogP) is 2.32. The van der Waals surface area contributed by atoms with Crippen molar-refractivity contribution >= 4 is 11.4 Å². The standard InChI is InChI=1S/C15H16N2O2/c18-11-10-16-14-9-5-4-8-13(14)15(17-19)12-6-2-1-3-7-12/h1-9,16,18-19H,10-11H2. The Morgan fingerprint density at radius 2 is 1.68 bits per heavy atom. The van der Waals surface area contributed by atoms with Crippen LogP contribution in [-0.4, -0.2) is 29.2 Å². The van der Waals surface area contributed by atoms with Gasteiger partial charge in [0.05, 0.1) is 6.61 Å². The molecule has 0 aromatic heterocycles. The summed E-state index contributed by atoms with van der Waals surface area (Å²) in [6, 6.07) is 17.0. The number of hydrogen-bond acceptors (Lipinski definition) is 4. The molecule has 0 radical (unpaired) electrons. The van der Waals surface area contributed by atoms with E-state index in [0.29, 0.717) is 12.3 Å². The van der Waals surface area contributed by atoms with Crippen LogP contribution in [0.1, 0.15) is 11.1 Å². The zero-order valence-electron chi connectivity index (χ0n) is 10.5. The molecule has 0 saturated carbocycles. The summed E-state index contributed by atoms with van der Waals surface area (Å²) in [5, 5.41) is 24.7. The molecule has 2 aromatic carbocycles. The van der Waals surface area contributed by atoms with E-state index in [9.17, 15) is 5.21 Å². The molecule has 0 atom stereocenters. The van der Waals surface area contributed by atoms with E-state index in [1.807, 2.05) is 54.6 Å². The van der Waals surface area contributed by atoms with Gasteiger partial charge in [-0.15, -0.1) is 0 Å². The molecule has 0 fully saturated rings. The zero-order valence-corrected chi connectivity index (χ0v) is 10.5. The maximum absolute atomic E-state index is 9.29. The molecule has 0 heterocycles. The van der Waals surface area contributed by atoms with E-state index in [1.165, 1.54) is 0 Å². The highest BCUT2D eigenvalue weighted by Gasteiger charge is 2.11. The normalized spacial score (nSPS) is 11.3. The van der Waals surface area contributed by atoms with Crippen LogP contribution < -0.4 is 5.32 Å². The third kappa shape index (κ3) is 3.11. The molecule has 2 aromatic rings. The number of aliphatic hydroxyl groups excluding tert-OH is 1. The van der Waals surface area contributed by atoms with Gasteiger partial charge in [-0.25, -0.2) is 0 Å². The molecule has 2 rings (SSSR count). The molecule has 0 aliphatic rings. The second kappa shape index (κ2) is 6.56. The largest absolute Gasteiger partial charge is 0.410 e. The van der Waals surface area contributed by atoms with E-state index in [4.69, 9.17) is 5.11 Å². The fourth-order valence-electron chi connectivity index (χ4n) is 1.90. The molecule has 0 aliphatic carbocycles. The zero-order chi connectivity index (χ0) is 13.5.